The molecular formula is C23H25N5O2. The summed E-state index contributed by atoms with van der Waals surface area (Å²) in [6.07, 6.45) is 3.98. The Morgan fingerprint density at radius 1 is 1.03 bits per heavy atom. The van der Waals surface area contributed by atoms with Crippen LogP contribution in [0.2, 0.25) is 0 Å². The van der Waals surface area contributed by atoms with Crippen molar-refractivity contribution in [2.75, 3.05) is 5.32 Å². The van der Waals surface area contributed by atoms with Gasteiger partial charge in [0.2, 0.25) is 0 Å². The number of aromatic nitrogens is 3. The second-order valence-corrected chi connectivity index (χ2v) is 7.45. The number of anilines is 1. The first-order valence-electron chi connectivity index (χ1n) is 9.76. The maximum atomic E-state index is 12.7. The van der Waals surface area contributed by atoms with E-state index in [2.05, 4.69) is 31.9 Å². The van der Waals surface area contributed by atoms with Gasteiger partial charge in [-0.05, 0) is 68.7 Å². The molecule has 0 saturated carbocycles. The van der Waals surface area contributed by atoms with E-state index in [4.69, 9.17) is 0 Å². The standard InChI is InChI=1S/C23H25N5O2/c1-14-10-16(3)20(24-13-14)11-17(4)26-22(29)18-8-7-15(2)21(12-18)27-23(30)19-6-5-9-25-28-19/h5-10,12-13,17H,11H2,1-4H3,(H,26,29)(H,27,30). The molecule has 7 nitrogen and oxygen atoms in total. The van der Waals surface area contributed by atoms with Gasteiger partial charge in [-0.2, -0.15) is 5.10 Å². The molecule has 1 aromatic carbocycles. The molecule has 3 aromatic rings. The lowest BCUT2D eigenvalue weighted by Gasteiger charge is -2.16. The highest BCUT2D eigenvalue weighted by atomic mass is 16.2. The van der Waals surface area contributed by atoms with Crippen molar-refractivity contribution in [3.8, 4) is 0 Å². The first-order chi connectivity index (χ1) is 14.3. The van der Waals surface area contributed by atoms with Gasteiger partial charge in [0.25, 0.3) is 11.8 Å². The van der Waals surface area contributed by atoms with Crippen molar-refractivity contribution < 1.29 is 9.59 Å². The van der Waals surface area contributed by atoms with Crippen LogP contribution in [0.15, 0.2) is 48.8 Å². The van der Waals surface area contributed by atoms with E-state index in [0.717, 1.165) is 22.4 Å². The largest absolute Gasteiger partial charge is 0.349 e. The van der Waals surface area contributed by atoms with Crippen molar-refractivity contribution in [1.29, 1.82) is 0 Å². The Labute approximate surface area is 176 Å². The molecule has 2 aromatic heterocycles. The van der Waals surface area contributed by atoms with Crippen LogP contribution in [-0.2, 0) is 6.42 Å². The zero-order chi connectivity index (χ0) is 21.7. The van der Waals surface area contributed by atoms with Crippen LogP contribution in [0.4, 0.5) is 5.69 Å². The van der Waals surface area contributed by atoms with Gasteiger partial charge in [0, 0.05) is 41.8 Å². The smallest absolute Gasteiger partial charge is 0.276 e. The quantitative estimate of drug-likeness (QED) is 0.657. The van der Waals surface area contributed by atoms with E-state index < -0.39 is 0 Å². The monoisotopic (exact) mass is 403 g/mol. The number of pyridine rings is 1. The van der Waals surface area contributed by atoms with Crippen molar-refractivity contribution in [2.45, 2.75) is 40.2 Å². The first kappa shape index (κ1) is 21.1. The number of rotatable bonds is 6. The third-order valence-electron chi connectivity index (χ3n) is 4.75. The van der Waals surface area contributed by atoms with Crippen LogP contribution < -0.4 is 10.6 Å². The van der Waals surface area contributed by atoms with Crippen LogP contribution in [0, 0.1) is 20.8 Å². The average Bonchev–Trinajstić information content (AvgIpc) is 2.72. The summed E-state index contributed by atoms with van der Waals surface area (Å²) >= 11 is 0. The summed E-state index contributed by atoms with van der Waals surface area (Å²) in [4.78, 5) is 29.6. The molecule has 2 N–H and O–H groups in total. The van der Waals surface area contributed by atoms with Crippen LogP contribution in [0.3, 0.4) is 0 Å². The molecule has 0 bridgehead atoms. The van der Waals surface area contributed by atoms with Gasteiger partial charge in [-0.25, -0.2) is 0 Å². The lowest BCUT2D eigenvalue weighted by Crippen LogP contribution is -2.34. The molecule has 0 spiro atoms. The fourth-order valence-corrected chi connectivity index (χ4v) is 3.11. The number of benzene rings is 1. The van der Waals surface area contributed by atoms with Crippen molar-refractivity contribution >= 4 is 17.5 Å². The Morgan fingerprint density at radius 2 is 1.83 bits per heavy atom. The number of hydrogen-bond donors (Lipinski definition) is 2. The van der Waals surface area contributed by atoms with Crippen LogP contribution in [0.5, 0.6) is 0 Å². The summed E-state index contributed by atoms with van der Waals surface area (Å²) < 4.78 is 0. The minimum Gasteiger partial charge on any atom is -0.349 e. The summed E-state index contributed by atoms with van der Waals surface area (Å²) in [6, 6.07) is 10.4. The Balaban J connectivity index is 1.68. The summed E-state index contributed by atoms with van der Waals surface area (Å²) in [5.74, 6) is -0.583. The molecule has 0 fully saturated rings. The highest BCUT2D eigenvalue weighted by Crippen LogP contribution is 2.18. The van der Waals surface area contributed by atoms with Gasteiger partial charge < -0.3 is 10.6 Å². The normalized spacial score (nSPS) is 11.6. The molecular weight excluding hydrogens is 378 g/mol. The Kier molecular flexibility index (Phi) is 6.51. The number of amides is 2. The zero-order valence-electron chi connectivity index (χ0n) is 17.6. The maximum Gasteiger partial charge on any atom is 0.276 e. The summed E-state index contributed by atoms with van der Waals surface area (Å²) in [5, 5.41) is 13.3. The third-order valence-corrected chi connectivity index (χ3v) is 4.75. The Hall–Kier alpha value is -3.61. The molecule has 2 amide bonds. The summed E-state index contributed by atoms with van der Waals surface area (Å²) in [7, 11) is 0. The van der Waals surface area contributed by atoms with E-state index in [1.807, 2.05) is 33.9 Å². The number of nitrogens with one attached hydrogen (secondary N) is 2. The van der Waals surface area contributed by atoms with Gasteiger partial charge in [-0.1, -0.05) is 12.1 Å². The summed E-state index contributed by atoms with van der Waals surface area (Å²) in [5.41, 5.74) is 5.27. The van der Waals surface area contributed by atoms with Crippen molar-refractivity contribution in [1.82, 2.24) is 20.5 Å². The van der Waals surface area contributed by atoms with Gasteiger partial charge in [-0.15, -0.1) is 5.10 Å². The second kappa shape index (κ2) is 9.26. The van der Waals surface area contributed by atoms with Crippen molar-refractivity contribution in [3.05, 3.63) is 82.4 Å². The van der Waals surface area contributed by atoms with Crippen LogP contribution in [0.1, 0.15) is 50.2 Å². The highest BCUT2D eigenvalue weighted by molar-refractivity contribution is 6.04. The fourth-order valence-electron chi connectivity index (χ4n) is 3.11. The molecule has 0 aliphatic carbocycles. The molecule has 1 atom stereocenters. The van der Waals surface area contributed by atoms with Crippen LogP contribution in [0.25, 0.3) is 0 Å². The second-order valence-electron chi connectivity index (χ2n) is 7.45. The van der Waals surface area contributed by atoms with Crippen molar-refractivity contribution in [3.63, 3.8) is 0 Å². The topological polar surface area (TPSA) is 96.9 Å². The van der Waals surface area contributed by atoms with E-state index in [1.165, 1.54) is 6.20 Å². The van der Waals surface area contributed by atoms with Gasteiger partial charge in [-0.3, -0.25) is 14.6 Å². The van der Waals surface area contributed by atoms with Crippen LogP contribution >= 0.6 is 0 Å². The average molecular weight is 403 g/mol. The van der Waals surface area contributed by atoms with E-state index in [9.17, 15) is 9.59 Å². The highest BCUT2D eigenvalue weighted by Gasteiger charge is 2.15. The third kappa shape index (κ3) is 5.26. The molecule has 7 heteroatoms. The SMILES string of the molecule is Cc1cnc(CC(C)NC(=O)c2ccc(C)c(NC(=O)c3cccnn3)c2)c(C)c1. The van der Waals surface area contributed by atoms with Gasteiger partial charge in [0.15, 0.2) is 5.69 Å². The van der Waals surface area contributed by atoms with Gasteiger partial charge in [0.1, 0.15) is 0 Å². The number of aryl methyl sites for hydroxylation is 3. The molecule has 30 heavy (non-hydrogen) atoms. The fraction of sp³-hybridized carbons (Fsp3) is 0.261. The number of carbonyl (C=O) groups excluding carboxylic acids is 2. The zero-order valence-corrected chi connectivity index (χ0v) is 17.6. The Morgan fingerprint density at radius 3 is 2.53 bits per heavy atom. The molecule has 3 rings (SSSR count). The molecule has 0 aliphatic rings. The molecule has 1 unspecified atom stereocenters. The first-order valence-corrected chi connectivity index (χ1v) is 9.76. The van der Waals surface area contributed by atoms with Crippen LogP contribution in [-0.4, -0.2) is 33.0 Å². The summed E-state index contributed by atoms with van der Waals surface area (Å²) in [6.45, 7) is 7.84. The number of hydrogen-bond acceptors (Lipinski definition) is 5. The lowest BCUT2D eigenvalue weighted by molar-refractivity contribution is 0.0938. The van der Waals surface area contributed by atoms with E-state index in [0.29, 0.717) is 17.7 Å². The van der Waals surface area contributed by atoms with E-state index >= 15 is 0 Å². The maximum absolute atomic E-state index is 12.7. The van der Waals surface area contributed by atoms with Gasteiger partial charge >= 0.3 is 0 Å². The van der Waals surface area contributed by atoms with E-state index in [1.54, 1.807) is 30.3 Å². The number of nitrogens with zero attached hydrogens (tertiary/aromatic N) is 3. The number of carbonyl (C=O) groups is 2. The minimum atomic E-state index is -0.377. The minimum absolute atomic E-state index is 0.0923. The molecule has 0 saturated heterocycles. The molecule has 0 aliphatic heterocycles. The predicted molar refractivity (Wildman–Crippen MR) is 116 cm³/mol. The van der Waals surface area contributed by atoms with Crippen molar-refractivity contribution in [2.24, 2.45) is 0 Å². The predicted octanol–water partition coefficient (Wildman–Crippen LogP) is 3.41. The van der Waals surface area contributed by atoms with E-state index in [-0.39, 0.29) is 23.6 Å². The van der Waals surface area contributed by atoms with Gasteiger partial charge in [0.05, 0.1) is 0 Å². The Bertz CT molecular complexity index is 1070. The molecule has 154 valence electrons. The molecule has 0 radical (unpaired) electrons. The lowest BCUT2D eigenvalue weighted by atomic mass is 10.1. The molecule has 2 heterocycles.